The Morgan fingerprint density at radius 3 is 2.65 bits per heavy atom. The van der Waals surface area contributed by atoms with Crippen molar-refractivity contribution in [2.75, 3.05) is 19.8 Å². The summed E-state index contributed by atoms with van der Waals surface area (Å²) in [5.41, 5.74) is -0.468. The topological polar surface area (TPSA) is 72.5 Å². The first-order valence-electron chi connectivity index (χ1n) is 14.5. The summed E-state index contributed by atoms with van der Waals surface area (Å²) in [6.45, 7) is 12.8. The van der Waals surface area contributed by atoms with E-state index in [2.05, 4.69) is 49.1 Å². The highest BCUT2D eigenvalue weighted by Gasteiger charge is 2.58. The first-order chi connectivity index (χ1) is 17.7. The van der Waals surface area contributed by atoms with Gasteiger partial charge in [0.2, 0.25) is 0 Å². The van der Waals surface area contributed by atoms with Gasteiger partial charge in [-0.2, -0.15) is 0 Å². The zero-order valence-corrected chi connectivity index (χ0v) is 24.6. The Kier molecular flexibility index (Phi) is 10.1. The quantitative estimate of drug-likeness (QED) is 0.172. The van der Waals surface area contributed by atoms with Crippen LogP contribution in [0.5, 0.6) is 0 Å². The predicted octanol–water partition coefficient (Wildman–Crippen LogP) is 5.20. The third-order valence-corrected chi connectivity index (χ3v) is 9.29. The van der Waals surface area contributed by atoms with Gasteiger partial charge >= 0.3 is 5.97 Å². The number of unbranched alkanes of at least 4 members (excludes halogenated alkanes) is 1. The number of ether oxygens (including phenoxy) is 6. The van der Waals surface area contributed by atoms with E-state index in [1.165, 1.54) is 0 Å². The van der Waals surface area contributed by atoms with Crippen LogP contribution >= 0.6 is 9.24 Å². The van der Waals surface area contributed by atoms with Crippen molar-refractivity contribution in [3.8, 4) is 0 Å². The molecule has 8 heteroatoms. The zero-order chi connectivity index (χ0) is 26.6. The predicted molar refractivity (Wildman–Crippen MR) is 145 cm³/mol. The first kappa shape index (κ1) is 29.4. The Morgan fingerprint density at radius 1 is 1.08 bits per heavy atom. The molecule has 4 aliphatic rings. The highest BCUT2D eigenvalue weighted by molar-refractivity contribution is 7.18. The molecule has 0 spiro atoms. The molecule has 4 saturated heterocycles. The molecule has 11 atom stereocenters. The molecule has 4 heterocycles. The molecule has 0 radical (unpaired) electrons. The molecule has 0 amide bonds. The maximum absolute atomic E-state index is 12.1. The second-order valence-corrected chi connectivity index (χ2v) is 13.0. The van der Waals surface area contributed by atoms with Crippen LogP contribution in [0.15, 0.2) is 12.2 Å². The lowest BCUT2D eigenvalue weighted by molar-refractivity contribution is -0.279. The lowest BCUT2D eigenvalue weighted by atomic mass is 9.77. The molecule has 4 rings (SSSR count). The molecule has 4 aliphatic heterocycles. The number of hydrogen-bond donors (Lipinski definition) is 0. The van der Waals surface area contributed by atoms with Crippen molar-refractivity contribution in [3.63, 3.8) is 0 Å². The molecule has 0 bridgehead atoms. The molecular weight excluding hydrogens is 491 g/mol. The number of esters is 1. The van der Waals surface area contributed by atoms with Crippen molar-refractivity contribution < 1.29 is 33.2 Å². The summed E-state index contributed by atoms with van der Waals surface area (Å²) in [5.74, 6) is 0.438. The van der Waals surface area contributed by atoms with Crippen LogP contribution in [-0.4, -0.2) is 73.4 Å². The van der Waals surface area contributed by atoms with Gasteiger partial charge in [-0.05, 0) is 57.8 Å². The van der Waals surface area contributed by atoms with Crippen LogP contribution in [0, 0.1) is 11.8 Å². The van der Waals surface area contributed by atoms with Gasteiger partial charge in [0.15, 0.2) is 0 Å². The van der Waals surface area contributed by atoms with Crippen LogP contribution in [0.4, 0.5) is 0 Å². The summed E-state index contributed by atoms with van der Waals surface area (Å²) in [7, 11) is 3.03. The normalized spacial score (nSPS) is 44.3. The summed E-state index contributed by atoms with van der Waals surface area (Å²) in [6, 6.07) is 0. The Labute approximate surface area is 225 Å². The lowest BCUT2D eigenvalue weighted by Crippen LogP contribution is -2.62. The molecule has 37 heavy (non-hydrogen) atoms. The van der Waals surface area contributed by atoms with Gasteiger partial charge in [0.25, 0.3) is 0 Å². The molecule has 7 nitrogen and oxygen atoms in total. The van der Waals surface area contributed by atoms with Crippen LogP contribution in [-0.2, 0) is 33.2 Å². The summed E-state index contributed by atoms with van der Waals surface area (Å²) in [5, 5.41) is -0.530. The van der Waals surface area contributed by atoms with Gasteiger partial charge in [0.05, 0.1) is 49.7 Å². The molecule has 212 valence electrons. The first-order valence-corrected chi connectivity index (χ1v) is 15.0. The van der Waals surface area contributed by atoms with Crippen molar-refractivity contribution in [2.45, 2.75) is 134 Å². The van der Waals surface area contributed by atoms with Crippen LogP contribution in [0.1, 0.15) is 86.0 Å². The third kappa shape index (κ3) is 6.96. The van der Waals surface area contributed by atoms with Crippen LogP contribution < -0.4 is 0 Å². The highest BCUT2D eigenvalue weighted by Crippen LogP contribution is 2.52. The van der Waals surface area contributed by atoms with Crippen molar-refractivity contribution in [3.05, 3.63) is 12.2 Å². The standard InChI is InChI=1S/C29H49O7P/c1-6-8-10-21-27(32-13-12-31-11-9-7-2)20(4)18-29(37)25(33-21)16-24-28(5,36-29)17-19(3)14-22-23(34-24)15-26(30)35-22/h6,8,19-25,27H,7,9-18,37H2,1-5H3/b8-6-. The summed E-state index contributed by atoms with van der Waals surface area (Å²) >= 11 is 0. The van der Waals surface area contributed by atoms with E-state index in [1.807, 2.05) is 6.92 Å². The number of allylic oxidation sites excluding steroid dienone is 1. The Balaban J connectivity index is 1.52. The number of fused-ring (bicyclic) bond motifs is 3. The third-order valence-electron chi connectivity index (χ3n) is 8.56. The second-order valence-electron chi connectivity index (χ2n) is 12.0. The largest absolute Gasteiger partial charge is 0.459 e. The SMILES string of the molecule is C/C=C\CC1OC2CC3OC4CC(=O)OC4CC(C)CC3(C)OC2(P)CC(C)C1OCCOCCCC. The van der Waals surface area contributed by atoms with Gasteiger partial charge < -0.3 is 28.4 Å². The van der Waals surface area contributed by atoms with E-state index in [9.17, 15) is 4.79 Å². The van der Waals surface area contributed by atoms with Crippen molar-refractivity contribution in [2.24, 2.45) is 11.8 Å². The van der Waals surface area contributed by atoms with E-state index in [0.717, 1.165) is 51.6 Å². The molecule has 4 fully saturated rings. The van der Waals surface area contributed by atoms with E-state index in [0.29, 0.717) is 25.6 Å². The number of carbonyl (C=O) groups is 1. The number of carbonyl (C=O) groups excluding carboxylic acids is 1. The average molecular weight is 541 g/mol. The van der Waals surface area contributed by atoms with Crippen molar-refractivity contribution in [1.82, 2.24) is 0 Å². The maximum Gasteiger partial charge on any atom is 0.308 e. The average Bonchev–Trinajstić information content (AvgIpc) is 3.11. The monoisotopic (exact) mass is 540 g/mol. The second kappa shape index (κ2) is 12.7. The van der Waals surface area contributed by atoms with E-state index < -0.39 is 10.9 Å². The molecule has 0 aromatic rings. The summed E-state index contributed by atoms with van der Waals surface area (Å²) < 4.78 is 38.4. The molecule has 0 N–H and O–H groups in total. The van der Waals surface area contributed by atoms with Crippen LogP contribution in [0.3, 0.4) is 0 Å². The van der Waals surface area contributed by atoms with Gasteiger partial charge in [-0.3, -0.25) is 4.79 Å². The van der Waals surface area contributed by atoms with Crippen LogP contribution in [0.25, 0.3) is 0 Å². The van der Waals surface area contributed by atoms with E-state index in [-0.39, 0.29) is 48.5 Å². The van der Waals surface area contributed by atoms with Crippen molar-refractivity contribution >= 4 is 15.2 Å². The van der Waals surface area contributed by atoms with Gasteiger partial charge in [-0.15, -0.1) is 9.24 Å². The van der Waals surface area contributed by atoms with Gasteiger partial charge in [0, 0.05) is 13.0 Å². The smallest absolute Gasteiger partial charge is 0.308 e. The van der Waals surface area contributed by atoms with Gasteiger partial charge in [-0.25, -0.2) is 0 Å². The highest BCUT2D eigenvalue weighted by atomic mass is 31.0. The van der Waals surface area contributed by atoms with E-state index in [1.54, 1.807) is 0 Å². The number of rotatable bonds is 9. The Bertz CT molecular complexity index is 792. The van der Waals surface area contributed by atoms with E-state index >= 15 is 0 Å². The van der Waals surface area contributed by atoms with Gasteiger partial charge in [0.1, 0.15) is 17.6 Å². The fraction of sp³-hybridized carbons (Fsp3) is 0.897. The zero-order valence-electron chi connectivity index (χ0n) is 23.5. The minimum absolute atomic E-state index is 0.0527. The Morgan fingerprint density at radius 2 is 1.89 bits per heavy atom. The number of hydrogen-bond acceptors (Lipinski definition) is 7. The molecular formula is C29H49O7P. The van der Waals surface area contributed by atoms with Gasteiger partial charge in [-0.1, -0.05) is 39.3 Å². The molecule has 0 aromatic carbocycles. The lowest BCUT2D eigenvalue weighted by Gasteiger charge is -2.55. The minimum Gasteiger partial charge on any atom is -0.459 e. The molecule has 0 saturated carbocycles. The Hall–Kier alpha value is -0.560. The minimum atomic E-state index is -0.530. The summed E-state index contributed by atoms with van der Waals surface area (Å²) in [4.78, 5) is 12.1. The van der Waals surface area contributed by atoms with Crippen molar-refractivity contribution in [1.29, 1.82) is 0 Å². The summed E-state index contributed by atoms with van der Waals surface area (Å²) in [6.07, 6.45) is 9.90. The van der Waals surface area contributed by atoms with Crippen LogP contribution in [0.2, 0.25) is 0 Å². The maximum atomic E-state index is 12.1. The molecule has 0 aromatic heterocycles. The molecule has 11 unspecified atom stereocenters. The molecule has 0 aliphatic carbocycles. The van der Waals surface area contributed by atoms with E-state index in [4.69, 9.17) is 28.4 Å². The fourth-order valence-corrected chi connectivity index (χ4v) is 7.69. The fourth-order valence-electron chi connectivity index (χ4n) is 6.83.